The summed E-state index contributed by atoms with van der Waals surface area (Å²) in [7, 11) is 1.93. The molecule has 2 saturated heterocycles. The van der Waals surface area contributed by atoms with Crippen molar-refractivity contribution in [3.8, 4) is 0 Å². The molecule has 0 unspecified atom stereocenters. The first kappa shape index (κ1) is 24.6. The molecule has 2 aromatic heterocycles. The highest BCUT2D eigenvalue weighted by Crippen LogP contribution is 2.24. The SMILES string of the molecule is CNc1cccc(CN2CCN(c3nc(Nc4ccccc4)n4ncc(C=C5CC(=O)NC5=O)c4n3)CC2)c1. The van der Waals surface area contributed by atoms with Crippen LogP contribution in [0.1, 0.15) is 17.5 Å². The maximum Gasteiger partial charge on any atom is 0.254 e. The van der Waals surface area contributed by atoms with Crippen molar-refractivity contribution in [1.82, 2.24) is 29.8 Å². The quantitative estimate of drug-likeness (QED) is 0.248. The normalized spacial score (nSPS) is 17.2. The average Bonchev–Trinajstić information content (AvgIpc) is 3.51. The zero-order chi connectivity index (χ0) is 26.8. The van der Waals surface area contributed by atoms with Gasteiger partial charge in [-0.3, -0.25) is 19.8 Å². The minimum absolute atomic E-state index is 0.0441. The molecule has 2 fully saturated rings. The number of hydrogen-bond donors (Lipinski definition) is 3. The molecule has 6 rings (SSSR count). The number of rotatable bonds is 7. The number of hydrogen-bond acceptors (Lipinski definition) is 9. The van der Waals surface area contributed by atoms with Crippen LogP contribution >= 0.6 is 0 Å². The molecule has 0 spiro atoms. The Kier molecular flexibility index (Phi) is 6.64. The maximum absolute atomic E-state index is 12.2. The fourth-order valence-corrected chi connectivity index (χ4v) is 4.86. The van der Waals surface area contributed by atoms with Gasteiger partial charge in [-0.25, -0.2) is 0 Å². The predicted octanol–water partition coefficient (Wildman–Crippen LogP) is 2.66. The predicted molar refractivity (Wildman–Crippen MR) is 150 cm³/mol. The van der Waals surface area contributed by atoms with Crippen molar-refractivity contribution in [2.75, 3.05) is 48.8 Å². The summed E-state index contributed by atoms with van der Waals surface area (Å²) in [6, 6.07) is 18.2. The Morgan fingerprint density at radius 2 is 1.77 bits per heavy atom. The Morgan fingerprint density at radius 3 is 2.51 bits per heavy atom. The van der Waals surface area contributed by atoms with Gasteiger partial charge in [-0.05, 0) is 35.9 Å². The average molecular weight is 524 g/mol. The molecule has 2 amide bonds. The summed E-state index contributed by atoms with van der Waals surface area (Å²) < 4.78 is 1.63. The third-order valence-corrected chi connectivity index (χ3v) is 6.92. The molecule has 0 atom stereocenters. The second kappa shape index (κ2) is 10.5. The highest BCUT2D eigenvalue weighted by Gasteiger charge is 2.26. The summed E-state index contributed by atoms with van der Waals surface area (Å²) in [5, 5.41) is 13.4. The van der Waals surface area contributed by atoms with E-state index in [1.807, 2.05) is 37.4 Å². The van der Waals surface area contributed by atoms with Gasteiger partial charge in [0.25, 0.3) is 5.91 Å². The number of fused-ring (bicyclic) bond motifs is 1. The van der Waals surface area contributed by atoms with Crippen LogP contribution in [0, 0.1) is 0 Å². The molecule has 2 aliphatic rings. The smallest absolute Gasteiger partial charge is 0.254 e. The minimum Gasteiger partial charge on any atom is -0.388 e. The number of anilines is 4. The number of aromatic nitrogens is 4. The third-order valence-electron chi connectivity index (χ3n) is 6.92. The highest BCUT2D eigenvalue weighted by atomic mass is 16.2. The van der Waals surface area contributed by atoms with E-state index in [0.29, 0.717) is 28.7 Å². The van der Waals surface area contributed by atoms with Gasteiger partial charge in [0.1, 0.15) is 0 Å². The standard InChI is InChI=1S/C28H29N9O2/c1-29-23-9-5-6-19(14-23)18-35-10-12-36(13-11-35)27-33-25-21(15-20-16-24(38)32-26(20)39)17-30-37(25)28(34-27)31-22-7-3-2-4-8-22/h2-9,14-15,17,29H,10-13,16,18H2,1H3,(H,31,33,34)(H,32,38,39). The largest absolute Gasteiger partial charge is 0.388 e. The molecule has 39 heavy (non-hydrogen) atoms. The van der Waals surface area contributed by atoms with Crippen molar-refractivity contribution in [1.29, 1.82) is 0 Å². The minimum atomic E-state index is -0.382. The topological polar surface area (TPSA) is 120 Å². The first-order valence-corrected chi connectivity index (χ1v) is 12.9. The van der Waals surface area contributed by atoms with Crippen LogP contribution in [-0.4, -0.2) is 69.5 Å². The van der Waals surface area contributed by atoms with Gasteiger partial charge in [0.15, 0.2) is 5.65 Å². The zero-order valence-electron chi connectivity index (χ0n) is 21.6. The number of amides is 2. The number of nitrogens with zero attached hydrogens (tertiary/aromatic N) is 6. The number of carbonyl (C=O) groups excluding carboxylic acids is 2. The molecule has 0 bridgehead atoms. The van der Waals surface area contributed by atoms with Crippen molar-refractivity contribution in [3.63, 3.8) is 0 Å². The second-order valence-corrected chi connectivity index (χ2v) is 9.61. The van der Waals surface area contributed by atoms with Crippen LogP contribution in [0.25, 0.3) is 11.7 Å². The van der Waals surface area contributed by atoms with Gasteiger partial charge < -0.3 is 15.5 Å². The van der Waals surface area contributed by atoms with E-state index in [4.69, 9.17) is 9.97 Å². The summed E-state index contributed by atoms with van der Waals surface area (Å²) in [4.78, 5) is 38.2. The van der Waals surface area contributed by atoms with Crippen LogP contribution in [0.4, 0.5) is 23.3 Å². The van der Waals surface area contributed by atoms with Crippen LogP contribution in [-0.2, 0) is 16.1 Å². The highest BCUT2D eigenvalue weighted by molar-refractivity contribution is 6.15. The molecule has 198 valence electrons. The van der Waals surface area contributed by atoms with Gasteiger partial charge in [0.2, 0.25) is 17.8 Å². The van der Waals surface area contributed by atoms with Crippen molar-refractivity contribution < 1.29 is 9.59 Å². The first-order chi connectivity index (χ1) is 19.1. The summed E-state index contributed by atoms with van der Waals surface area (Å²) in [6.45, 7) is 4.17. The monoisotopic (exact) mass is 523 g/mol. The van der Waals surface area contributed by atoms with Crippen molar-refractivity contribution in [2.24, 2.45) is 0 Å². The van der Waals surface area contributed by atoms with Crippen LogP contribution in [0.2, 0.25) is 0 Å². The molecule has 11 nitrogen and oxygen atoms in total. The molecule has 0 saturated carbocycles. The Labute approximate surface area is 225 Å². The first-order valence-electron chi connectivity index (χ1n) is 12.9. The lowest BCUT2D eigenvalue weighted by atomic mass is 10.1. The van der Waals surface area contributed by atoms with Crippen LogP contribution in [0.5, 0.6) is 0 Å². The van der Waals surface area contributed by atoms with E-state index in [0.717, 1.165) is 44.1 Å². The molecule has 0 aliphatic carbocycles. The van der Waals surface area contributed by atoms with E-state index in [9.17, 15) is 9.59 Å². The van der Waals surface area contributed by atoms with Gasteiger partial charge >= 0.3 is 0 Å². The van der Waals surface area contributed by atoms with Gasteiger partial charge in [0.05, 0.1) is 12.6 Å². The van der Waals surface area contributed by atoms with Crippen LogP contribution in [0.15, 0.2) is 66.4 Å². The molecular weight excluding hydrogens is 494 g/mol. The Balaban J connectivity index is 1.28. The van der Waals surface area contributed by atoms with Gasteiger partial charge in [-0.15, -0.1) is 0 Å². The van der Waals surface area contributed by atoms with E-state index in [1.165, 1.54) is 5.56 Å². The number of para-hydroxylation sites is 1. The molecule has 2 aromatic carbocycles. The maximum atomic E-state index is 12.2. The third kappa shape index (κ3) is 5.30. The van der Waals surface area contributed by atoms with Crippen molar-refractivity contribution >= 4 is 46.8 Å². The lowest BCUT2D eigenvalue weighted by Gasteiger charge is -2.35. The molecule has 3 N–H and O–H groups in total. The Hall–Kier alpha value is -4.77. The number of piperazine rings is 1. The summed E-state index contributed by atoms with van der Waals surface area (Å²) in [5.41, 5.74) is 4.85. The lowest BCUT2D eigenvalue weighted by molar-refractivity contribution is -0.124. The van der Waals surface area contributed by atoms with Crippen molar-refractivity contribution in [2.45, 2.75) is 13.0 Å². The summed E-state index contributed by atoms with van der Waals surface area (Å²) >= 11 is 0. The number of benzene rings is 2. The van der Waals surface area contributed by atoms with Gasteiger partial charge in [-0.2, -0.15) is 19.6 Å². The van der Waals surface area contributed by atoms with E-state index >= 15 is 0 Å². The van der Waals surface area contributed by atoms with E-state index in [2.05, 4.69) is 55.1 Å². The number of carbonyl (C=O) groups is 2. The summed E-state index contributed by atoms with van der Waals surface area (Å²) in [5.74, 6) is 0.418. The molecule has 11 heteroatoms. The number of nitrogens with one attached hydrogen (secondary N) is 3. The van der Waals surface area contributed by atoms with Gasteiger partial charge in [-0.1, -0.05) is 30.3 Å². The number of imide groups is 1. The van der Waals surface area contributed by atoms with Crippen LogP contribution < -0.4 is 20.9 Å². The lowest BCUT2D eigenvalue weighted by Crippen LogP contribution is -2.46. The Bertz CT molecular complexity index is 1560. The van der Waals surface area contributed by atoms with E-state index < -0.39 is 0 Å². The molecule has 0 radical (unpaired) electrons. The molecule has 4 aromatic rings. The molecule has 2 aliphatic heterocycles. The Morgan fingerprint density at radius 1 is 0.974 bits per heavy atom. The van der Waals surface area contributed by atoms with Crippen molar-refractivity contribution in [3.05, 3.63) is 77.5 Å². The van der Waals surface area contributed by atoms with Crippen LogP contribution in [0.3, 0.4) is 0 Å². The molecular formula is C28H29N9O2. The van der Waals surface area contributed by atoms with E-state index in [1.54, 1.807) is 16.8 Å². The van der Waals surface area contributed by atoms with E-state index in [-0.39, 0.29) is 18.2 Å². The second-order valence-electron chi connectivity index (χ2n) is 9.61. The fourth-order valence-electron chi connectivity index (χ4n) is 4.86. The zero-order valence-corrected chi connectivity index (χ0v) is 21.6. The fraction of sp³-hybridized carbons (Fsp3) is 0.250. The summed E-state index contributed by atoms with van der Waals surface area (Å²) in [6.07, 6.45) is 3.37. The molecule has 4 heterocycles. The van der Waals surface area contributed by atoms with Gasteiger partial charge in [0, 0.05) is 62.3 Å².